The second-order valence-electron chi connectivity index (χ2n) is 4.78. The fourth-order valence-electron chi connectivity index (χ4n) is 2.62. The summed E-state index contributed by atoms with van der Waals surface area (Å²) in [6.07, 6.45) is 1.86. The van der Waals surface area contributed by atoms with Crippen molar-refractivity contribution in [1.29, 1.82) is 0 Å². The number of nitrogens with zero attached hydrogens (tertiary/aromatic N) is 1. The molecular formula is C14H19F2NO2. The number of phenols is 1. The number of alkyl halides is 2. The maximum absolute atomic E-state index is 12.2. The van der Waals surface area contributed by atoms with Gasteiger partial charge in [0.1, 0.15) is 0 Å². The molecule has 0 saturated carbocycles. The van der Waals surface area contributed by atoms with Crippen molar-refractivity contribution >= 4 is 0 Å². The minimum atomic E-state index is -2.91. The Morgan fingerprint density at radius 2 is 2.05 bits per heavy atom. The maximum atomic E-state index is 12.2. The van der Waals surface area contributed by atoms with Crippen molar-refractivity contribution in [1.82, 2.24) is 4.90 Å². The lowest BCUT2D eigenvalue weighted by atomic mass is 9.88. The topological polar surface area (TPSA) is 32.7 Å². The van der Waals surface area contributed by atoms with Gasteiger partial charge in [-0.2, -0.15) is 8.78 Å². The van der Waals surface area contributed by atoms with E-state index in [0.29, 0.717) is 5.56 Å². The van der Waals surface area contributed by atoms with Crippen LogP contribution in [0.25, 0.3) is 0 Å². The third-order valence-corrected chi connectivity index (χ3v) is 3.72. The predicted molar refractivity (Wildman–Crippen MR) is 68.8 cm³/mol. The molecule has 5 heteroatoms. The largest absolute Gasteiger partial charge is 0.504 e. The molecule has 1 aromatic carbocycles. The van der Waals surface area contributed by atoms with Crippen molar-refractivity contribution in [2.24, 2.45) is 0 Å². The van der Waals surface area contributed by atoms with Gasteiger partial charge in [-0.15, -0.1) is 0 Å². The zero-order chi connectivity index (χ0) is 13.8. The number of ether oxygens (including phenoxy) is 1. The Morgan fingerprint density at radius 1 is 1.37 bits per heavy atom. The van der Waals surface area contributed by atoms with Crippen molar-refractivity contribution in [2.45, 2.75) is 32.3 Å². The average Bonchev–Trinajstić information content (AvgIpc) is 2.41. The zero-order valence-corrected chi connectivity index (χ0v) is 11.0. The fraction of sp³-hybridized carbons (Fsp3) is 0.571. The number of hydrogen-bond donors (Lipinski definition) is 1. The number of hydrogen-bond acceptors (Lipinski definition) is 3. The molecule has 0 aromatic heterocycles. The van der Waals surface area contributed by atoms with Crippen LogP contribution in [-0.2, 0) is 0 Å². The molecule has 0 unspecified atom stereocenters. The normalized spacial score (nSPS) is 17.9. The number of para-hydroxylation sites is 1. The molecule has 1 fully saturated rings. The molecule has 0 spiro atoms. The molecule has 1 heterocycles. The summed E-state index contributed by atoms with van der Waals surface area (Å²) < 4.78 is 28.8. The number of piperidine rings is 1. The maximum Gasteiger partial charge on any atom is 0.387 e. The summed E-state index contributed by atoms with van der Waals surface area (Å²) in [5.74, 6) is -0.0628. The molecule has 1 aliphatic rings. The molecular weight excluding hydrogens is 252 g/mol. The lowest BCUT2D eigenvalue weighted by Gasteiger charge is -2.31. The number of benzene rings is 1. The molecule has 2 rings (SSSR count). The van der Waals surface area contributed by atoms with Gasteiger partial charge in [0.25, 0.3) is 0 Å². The summed E-state index contributed by atoms with van der Waals surface area (Å²) in [7, 11) is 0. The summed E-state index contributed by atoms with van der Waals surface area (Å²) in [5, 5.41) is 10.0. The highest BCUT2D eigenvalue weighted by Gasteiger charge is 2.23. The van der Waals surface area contributed by atoms with E-state index in [1.807, 2.05) is 0 Å². The smallest absolute Gasteiger partial charge is 0.387 e. The minimum absolute atomic E-state index is 0.134. The van der Waals surface area contributed by atoms with Crippen LogP contribution in [0, 0.1) is 0 Å². The first-order valence-electron chi connectivity index (χ1n) is 6.60. The first-order valence-corrected chi connectivity index (χ1v) is 6.60. The van der Waals surface area contributed by atoms with Gasteiger partial charge in [-0.3, -0.25) is 0 Å². The molecule has 19 heavy (non-hydrogen) atoms. The lowest BCUT2D eigenvalue weighted by Crippen LogP contribution is -2.32. The van der Waals surface area contributed by atoms with E-state index in [9.17, 15) is 13.9 Å². The van der Waals surface area contributed by atoms with Crippen molar-refractivity contribution in [2.75, 3.05) is 19.6 Å². The summed E-state index contributed by atoms with van der Waals surface area (Å²) in [6.45, 7) is 2.17. The van der Waals surface area contributed by atoms with Crippen molar-refractivity contribution < 1.29 is 18.6 Å². The molecule has 3 nitrogen and oxygen atoms in total. The van der Waals surface area contributed by atoms with E-state index in [2.05, 4.69) is 16.6 Å². The van der Waals surface area contributed by atoms with Gasteiger partial charge in [0.15, 0.2) is 11.5 Å². The van der Waals surface area contributed by atoms with Crippen LogP contribution >= 0.6 is 0 Å². The van der Waals surface area contributed by atoms with Crippen LogP contribution in [0.1, 0.15) is 31.2 Å². The van der Waals surface area contributed by atoms with E-state index in [1.165, 1.54) is 6.07 Å². The van der Waals surface area contributed by atoms with Gasteiger partial charge in [-0.05, 0) is 44.5 Å². The Morgan fingerprint density at radius 3 is 2.63 bits per heavy atom. The molecule has 0 aliphatic carbocycles. The summed E-state index contributed by atoms with van der Waals surface area (Å²) in [5.41, 5.74) is 0.717. The van der Waals surface area contributed by atoms with Crippen LogP contribution in [0.4, 0.5) is 8.78 Å². The van der Waals surface area contributed by atoms with Gasteiger partial charge in [-0.1, -0.05) is 19.1 Å². The number of halogens is 2. The standard InChI is InChI=1S/C14H19F2NO2/c1-2-17-8-6-10(7-9-17)11-4-3-5-12(13(11)18)19-14(15)16/h3-5,10,14,18H,2,6-9H2,1H3. The number of rotatable bonds is 4. The molecule has 0 atom stereocenters. The van der Waals surface area contributed by atoms with E-state index in [1.54, 1.807) is 12.1 Å². The predicted octanol–water partition coefficient (Wildman–Crippen LogP) is 3.19. The Kier molecular flexibility index (Phi) is 4.58. The minimum Gasteiger partial charge on any atom is -0.504 e. The van der Waals surface area contributed by atoms with Crippen LogP contribution in [0.2, 0.25) is 0 Å². The van der Waals surface area contributed by atoms with Crippen molar-refractivity contribution in [3.05, 3.63) is 23.8 Å². The van der Waals surface area contributed by atoms with Crippen molar-refractivity contribution in [3.63, 3.8) is 0 Å². The molecule has 1 saturated heterocycles. The highest BCUT2D eigenvalue weighted by Crippen LogP contribution is 2.39. The Balaban J connectivity index is 2.12. The molecule has 1 aromatic rings. The van der Waals surface area contributed by atoms with E-state index >= 15 is 0 Å². The molecule has 1 aliphatic heterocycles. The quantitative estimate of drug-likeness (QED) is 0.912. The van der Waals surface area contributed by atoms with Gasteiger partial charge < -0.3 is 14.7 Å². The second kappa shape index (κ2) is 6.19. The first kappa shape index (κ1) is 14.1. The summed E-state index contributed by atoms with van der Waals surface area (Å²) in [4.78, 5) is 2.34. The molecule has 0 amide bonds. The van der Waals surface area contributed by atoms with E-state index in [-0.39, 0.29) is 17.4 Å². The van der Waals surface area contributed by atoms with Crippen molar-refractivity contribution in [3.8, 4) is 11.5 Å². The lowest BCUT2D eigenvalue weighted by molar-refractivity contribution is -0.0513. The average molecular weight is 271 g/mol. The van der Waals surface area contributed by atoms with Crippen LogP contribution in [0.3, 0.4) is 0 Å². The third kappa shape index (κ3) is 3.35. The highest BCUT2D eigenvalue weighted by atomic mass is 19.3. The highest BCUT2D eigenvalue weighted by molar-refractivity contribution is 5.47. The van der Waals surface area contributed by atoms with Gasteiger partial charge >= 0.3 is 6.61 Å². The Hall–Kier alpha value is -1.36. The van der Waals surface area contributed by atoms with Gasteiger partial charge in [0.05, 0.1) is 0 Å². The van der Waals surface area contributed by atoms with Crippen LogP contribution in [0.15, 0.2) is 18.2 Å². The molecule has 0 radical (unpaired) electrons. The van der Waals surface area contributed by atoms with E-state index < -0.39 is 6.61 Å². The zero-order valence-electron chi connectivity index (χ0n) is 11.0. The second-order valence-corrected chi connectivity index (χ2v) is 4.78. The number of phenolic OH excluding ortho intramolecular Hbond substituents is 1. The Labute approximate surface area is 111 Å². The van der Waals surface area contributed by atoms with Gasteiger partial charge in [0, 0.05) is 5.56 Å². The van der Waals surface area contributed by atoms with Crippen LogP contribution in [-0.4, -0.2) is 36.3 Å². The van der Waals surface area contributed by atoms with Crippen LogP contribution in [0.5, 0.6) is 11.5 Å². The SMILES string of the molecule is CCN1CCC(c2cccc(OC(F)F)c2O)CC1. The molecule has 106 valence electrons. The Bertz CT molecular complexity index is 418. The first-order chi connectivity index (χ1) is 9.11. The summed E-state index contributed by atoms with van der Waals surface area (Å²) >= 11 is 0. The molecule has 0 bridgehead atoms. The number of aromatic hydroxyl groups is 1. The third-order valence-electron chi connectivity index (χ3n) is 3.72. The van der Waals surface area contributed by atoms with Gasteiger partial charge in [0.2, 0.25) is 0 Å². The van der Waals surface area contributed by atoms with E-state index in [0.717, 1.165) is 32.5 Å². The fourth-order valence-corrected chi connectivity index (χ4v) is 2.62. The van der Waals surface area contributed by atoms with Crippen LogP contribution < -0.4 is 4.74 Å². The van der Waals surface area contributed by atoms with E-state index in [4.69, 9.17) is 0 Å². The monoisotopic (exact) mass is 271 g/mol. The molecule has 1 N–H and O–H groups in total. The van der Waals surface area contributed by atoms with Gasteiger partial charge in [-0.25, -0.2) is 0 Å². The number of likely N-dealkylation sites (tertiary alicyclic amines) is 1. The summed E-state index contributed by atoms with van der Waals surface area (Å²) in [6, 6.07) is 4.81.